The molecule has 0 aromatic carbocycles. The van der Waals surface area contributed by atoms with Gasteiger partial charge in [-0.25, -0.2) is 4.98 Å². The molecule has 19 heavy (non-hydrogen) atoms. The Morgan fingerprint density at radius 2 is 2.11 bits per heavy atom. The molecule has 1 aromatic heterocycles. The molecule has 0 spiro atoms. The molecule has 2 aliphatic rings. The van der Waals surface area contributed by atoms with Gasteiger partial charge in [-0.2, -0.15) is 0 Å². The van der Waals surface area contributed by atoms with Crippen LogP contribution in [0.1, 0.15) is 69.3 Å². The molecule has 1 aromatic rings. The molecule has 0 aliphatic heterocycles. The number of aromatic amines is 1. The SMILES string of the molecule is CCOC1(c2nc(C3CC3)cc(=O)[nH]2)CCCCC1. The third kappa shape index (κ3) is 2.59. The van der Waals surface area contributed by atoms with Gasteiger partial charge in [-0.05, 0) is 32.6 Å². The third-order valence-corrected chi connectivity index (χ3v) is 4.27. The topological polar surface area (TPSA) is 55.0 Å². The van der Waals surface area contributed by atoms with Crippen LogP contribution in [0.15, 0.2) is 10.9 Å². The number of hydrogen-bond acceptors (Lipinski definition) is 3. The fraction of sp³-hybridized carbons (Fsp3) is 0.733. The molecule has 4 heteroatoms. The molecule has 3 rings (SSSR count). The average molecular weight is 262 g/mol. The number of aromatic nitrogens is 2. The Morgan fingerprint density at radius 1 is 1.37 bits per heavy atom. The first-order valence-corrected chi connectivity index (χ1v) is 7.49. The predicted octanol–water partition coefficient (Wildman–Crippen LogP) is 2.84. The molecule has 2 fully saturated rings. The Labute approximate surface area is 113 Å². The largest absolute Gasteiger partial charge is 0.367 e. The molecule has 1 heterocycles. The summed E-state index contributed by atoms with van der Waals surface area (Å²) in [6.45, 7) is 2.68. The van der Waals surface area contributed by atoms with Crippen molar-refractivity contribution in [2.24, 2.45) is 0 Å². The first-order chi connectivity index (χ1) is 9.23. The Balaban J connectivity index is 1.99. The minimum absolute atomic E-state index is 0.0310. The van der Waals surface area contributed by atoms with E-state index < -0.39 is 0 Å². The van der Waals surface area contributed by atoms with E-state index in [0.29, 0.717) is 12.5 Å². The van der Waals surface area contributed by atoms with E-state index in [1.54, 1.807) is 6.07 Å². The van der Waals surface area contributed by atoms with Crippen molar-refractivity contribution < 1.29 is 4.74 Å². The molecule has 0 atom stereocenters. The number of nitrogens with zero attached hydrogens (tertiary/aromatic N) is 1. The van der Waals surface area contributed by atoms with Crippen molar-refractivity contribution in [2.45, 2.75) is 63.4 Å². The summed E-state index contributed by atoms with van der Waals surface area (Å²) in [5.41, 5.74) is 0.580. The first-order valence-electron chi connectivity index (χ1n) is 7.49. The highest BCUT2D eigenvalue weighted by Crippen LogP contribution is 2.41. The summed E-state index contributed by atoms with van der Waals surface area (Å²) in [6.07, 6.45) is 7.82. The smallest absolute Gasteiger partial charge is 0.251 e. The monoisotopic (exact) mass is 262 g/mol. The van der Waals surface area contributed by atoms with Gasteiger partial charge in [0.15, 0.2) is 0 Å². The van der Waals surface area contributed by atoms with E-state index in [2.05, 4.69) is 4.98 Å². The van der Waals surface area contributed by atoms with Gasteiger partial charge in [0.2, 0.25) is 0 Å². The van der Waals surface area contributed by atoms with Crippen LogP contribution >= 0.6 is 0 Å². The van der Waals surface area contributed by atoms with Gasteiger partial charge >= 0.3 is 0 Å². The molecule has 0 amide bonds. The minimum Gasteiger partial charge on any atom is -0.367 e. The van der Waals surface area contributed by atoms with Crippen LogP contribution < -0.4 is 5.56 Å². The number of H-pyrrole nitrogens is 1. The van der Waals surface area contributed by atoms with Gasteiger partial charge in [0, 0.05) is 18.6 Å². The summed E-state index contributed by atoms with van der Waals surface area (Å²) < 4.78 is 6.03. The van der Waals surface area contributed by atoms with E-state index in [9.17, 15) is 4.79 Å². The normalized spacial score (nSPS) is 22.4. The molecule has 2 saturated carbocycles. The molecule has 0 unspecified atom stereocenters. The van der Waals surface area contributed by atoms with Crippen LogP contribution in [0.2, 0.25) is 0 Å². The molecule has 104 valence electrons. The second kappa shape index (κ2) is 5.08. The number of nitrogens with one attached hydrogen (secondary N) is 1. The molecule has 0 radical (unpaired) electrons. The van der Waals surface area contributed by atoms with Gasteiger partial charge in [-0.3, -0.25) is 4.79 Å². The van der Waals surface area contributed by atoms with Crippen LogP contribution in [0.4, 0.5) is 0 Å². The number of hydrogen-bond donors (Lipinski definition) is 1. The summed E-state index contributed by atoms with van der Waals surface area (Å²) in [4.78, 5) is 19.5. The lowest BCUT2D eigenvalue weighted by atomic mass is 9.83. The van der Waals surface area contributed by atoms with Gasteiger partial charge in [-0.1, -0.05) is 19.3 Å². The van der Waals surface area contributed by atoms with Gasteiger partial charge < -0.3 is 9.72 Å². The quantitative estimate of drug-likeness (QED) is 0.907. The van der Waals surface area contributed by atoms with E-state index >= 15 is 0 Å². The third-order valence-electron chi connectivity index (χ3n) is 4.27. The van der Waals surface area contributed by atoms with Crippen LogP contribution in [0.5, 0.6) is 0 Å². The minimum atomic E-state index is -0.350. The number of rotatable bonds is 4. The molecular weight excluding hydrogens is 240 g/mol. The van der Waals surface area contributed by atoms with Crippen molar-refractivity contribution in [3.05, 3.63) is 27.9 Å². The van der Waals surface area contributed by atoms with Crippen LogP contribution in [0.25, 0.3) is 0 Å². The molecule has 1 N–H and O–H groups in total. The van der Waals surface area contributed by atoms with Crippen molar-refractivity contribution in [3.8, 4) is 0 Å². The van der Waals surface area contributed by atoms with Crippen molar-refractivity contribution in [1.82, 2.24) is 9.97 Å². The summed E-state index contributed by atoms with van der Waals surface area (Å²) in [5.74, 6) is 1.27. The summed E-state index contributed by atoms with van der Waals surface area (Å²) in [5, 5.41) is 0. The van der Waals surface area contributed by atoms with Crippen LogP contribution in [-0.4, -0.2) is 16.6 Å². The van der Waals surface area contributed by atoms with Crippen LogP contribution in [0.3, 0.4) is 0 Å². The van der Waals surface area contributed by atoms with Crippen molar-refractivity contribution >= 4 is 0 Å². The van der Waals surface area contributed by atoms with Gasteiger partial charge in [0.1, 0.15) is 11.4 Å². The van der Waals surface area contributed by atoms with Crippen molar-refractivity contribution in [3.63, 3.8) is 0 Å². The highest BCUT2D eigenvalue weighted by Gasteiger charge is 2.38. The van der Waals surface area contributed by atoms with E-state index in [1.165, 1.54) is 6.42 Å². The van der Waals surface area contributed by atoms with Crippen molar-refractivity contribution in [2.75, 3.05) is 6.61 Å². The number of ether oxygens (including phenoxy) is 1. The zero-order chi connectivity index (χ0) is 13.3. The molecule has 4 nitrogen and oxygen atoms in total. The summed E-state index contributed by atoms with van der Waals surface area (Å²) in [7, 11) is 0. The highest BCUT2D eigenvalue weighted by molar-refractivity contribution is 5.17. The lowest BCUT2D eigenvalue weighted by Gasteiger charge is -2.36. The maximum atomic E-state index is 11.9. The predicted molar refractivity (Wildman–Crippen MR) is 73.2 cm³/mol. The average Bonchev–Trinajstić information content (AvgIpc) is 3.24. The Bertz CT molecular complexity index is 494. The highest BCUT2D eigenvalue weighted by atomic mass is 16.5. The van der Waals surface area contributed by atoms with Crippen LogP contribution in [0, 0.1) is 0 Å². The summed E-state index contributed by atoms with van der Waals surface area (Å²) >= 11 is 0. The van der Waals surface area contributed by atoms with Crippen molar-refractivity contribution in [1.29, 1.82) is 0 Å². The lowest BCUT2D eigenvalue weighted by molar-refractivity contribution is -0.0769. The van der Waals surface area contributed by atoms with Crippen LogP contribution in [-0.2, 0) is 10.3 Å². The van der Waals surface area contributed by atoms with Gasteiger partial charge in [-0.15, -0.1) is 0 Å². The van der Waals surface area contributed by atoms with E-state index in [-0.39, 0.29) is 11.2 Å². The zero-order valence-corrected chi connectivity index (χ0v) is 11.6. The lowest BCUT2D eigenvalue weighted by Crippen LogP contribution is -2.36. The molecule has 2 aliphatic carbocycles. The van der Waals surface area contributed by atoms with Gasteiger partial charge in [0.05, 0.1) is 5.69 Å². The standard InChI is InChI=1S/C15H22N2O2/c1-2-19-15(8-4-3-5-9-15)14-16-12(11-6-7-11)10-13(18)17-14/h10-11H,2-9H2,1H3,(H,16,17,18). The maximum Gasteiger partial charge on any atom is 0.251 e. The Hall–Kier alpha value is -1.16. The first kappa shape index (κ1) is 12.9. The summed E-state index contributed by atoms with van der Waals surface area (Å²) in [6, 6.07) is 1.66. The second-order valence-corrected chi connectivity index (χ2v) is 5.78. The van der Waals surface area contributed by atoms with E-state index in [1.807, 2.05) is 6.92 Å². The fourth-order valence-corrected chi connectivity index (χ4v) is 3.13. The van der Waals surface area contributed by atoms with E-state index in [4.69, 9.17) is 9.72 Å². The Morgan fingerprint density at radius 3 is 2.74 bits per heavy atom. The zero-order valence-electron chi connectivity index (χ0n) is 11.6. The maximum absolute atomic E-state index is 11.9. The molecule has 0 bridgehead atoms. The van der Waals surface area contributed by atoms with Gasteiger partial charge in [0.25, 0.3) is 5.56 Å². The molecular formula is C15H22N2O2. The Kier molecular flexibility index (Phi) is 3.44. The van der Waals surface area contributed by atoms with E-state index in [0.717, 1.165) is 50.0 Å². The second-order valence-electron chi connectivity index (χ2n) is 5.78. The fourth-order valence-electron chi connectivity index (χ4n) is 3.13. The molecule has 0 saturated heterocycles.